The number of ether oxygens (including phenoxy) is 2. The zero-order valence-electron chi connectivity index (χ0n) is 19.8. The van der Waals surface area contributed by atoms with Crippen molar-refractivity contribution in [2.75, 3.05) is 19.7 Å². The summed E-state index contributed by atoms with van der Waals surface area (Å²) in [7, 11) is 0. The van der Waals surface area contributed by atoms with Crippen LogP contribution >= 0.6 is 0 Å². The van der Waals surface area contributed by atoms with Gasteiger partial charge >= 0.3 is 5.97 Å². The lowest BCUT2D eigenvalue weighted by Crippen LogP contribution is -2.60. The van der Waals surface area contributed by atoms with Crippen LogP contribution in [0.25, 0.3) is 0 Å². The molecule has 2 aliphatic rings. The fraction of sp³-hybridized carbons (Fsp3) is 0.600. The Morgan fingerprint density at radius 2 is 1.88 bits per heavy atom. The van der Waals surface area contributed by atoms with Gasteiger partial charge in [0.05, 0.1) is 5.92 Å². The Kier molecular flexibility index (Phi) is 7.26. The van der Waals surface area contributed by atoms with Crippen molar-refractivity contribution in [1.82, 2.24) is 4.90 Å². The summed E-state index contributed by atoms with van der Waals surface area (Å²) in [4.78, 5) is 52.6. The highest BCUT2D eigenvalue weighted by molar-refractivity contribution is 6.02. The number of Topliss-reactive ketones (excluding diaryl/α,β-unsaturated/α-hetero) is 1. The largest absolute Gasteiger partial charge is 0.447 e. The number of nitrogens with two attached hydrogens (primary N) is 1. The second kappa shape index (κ2) is 9.63. The molecule has 4 atom stereocenters. The van der Waals surface area contributed by atoms with E-state index in [0.29, 0.717) is 19.5 Å². The Morgan fingerprint density at radius 1 is 1.21 bits per heavy atom. The zero-order valence-corrected chi connectivity index (χ0v) is 19.8. The number of carbonyl (C=O) groups is 4. The monoisotopic (exact) mass is 458 g/mol. The Bertz CT molecular complexity index is 917. The van der Waals surface area contributed by atoms with Crippen molar-refractivity contribution >= 4 is 23.6 Å². The molecule has 8 heteroatoms. The average Bonchev–Trinajstić information content (AvgIpc) is 3.34. The summed E-state index contributed by atoms with van der Waals surface area (Å²) in [5.74, 6) is -2.57. The highest BCUT2D eigenvalue weighted by Crippen LogP contribution is 2.38. The van der Waals surface area contributed by atoms with Crippen LogP contribution in [0.3, 0.4) is 0 Å². The lowest BCUT2D eigenvalue weighted by molar-refractivity contribution is -0.186. The lowest BCUT2D eigenvalue weighted by atomic mass is 9.83. The van der Waals surface area contributed by atoms with Crippen LogP contribution < -0.4 is 5.73 Å². The van der Waals surface area contributed by atoms with Crippen molar-refractivity contribution in [3.05, 3.63) is 35.9 Å². The van der Waals surface area contributed by atoms with Crippen LogP contribution in [-0.4, -0.2) is 59.4 Å². The van der Waals surface area contributed by atoms with Crippen LogP contribution in [0.5, 0.6) is 0 Å². The van der Waals surface area contributed by atoms with E-state index in [4.69, 9.17) is 15.2 Å². The predicted molar refractivity (Wildman–Crippen MR) is 121 cm³/mol. The molecule has 2 aliphatic heterocycles. The number of benzene rings is 1. The van der Waals surface area contributed by atoms with Gasteiger partial charge in [0, 0.05) is 25.4 Å². The molecular weight excluding hydrogens is 424 g/mol. The standard InChI is InChI=1S/C25H34N2O6/c1-16(2)12-19(22(30)33-24(3)20(28)15-32-25(24,4)23(26)31)13-21(29)27-11-10-18(14-27)17-8-6-5-7-9-17/h5-9,16,18-19H,10-15H2,1-4H3,(H2,26,31). The van der Waals surface area contributed by atoms with Crippen molar-refractivity contribution in [1.29, 1.82) is 0 Å². The average molecular weight is 459 g/mol. The number of esters is 1. The summed E-state index contributed by atoms with van der Waals surface area (Å²) in [6, 6.07) is 10.1. The number of rotatable bonds is 8. The fourth-order valence-corrected chi connectivity index (χ4v) is 4.65. The van der Waals surface area contributed by atoms with E-state index in [1.54, 1.807) is 4.90 Å². The van der Waals surface area contributed by atoms with Crippen LogP contribution in [0.4, 0.5) is 0 Å². The van der Waals surface area contributed by atoms with E-state index < -0.39 is 34.8 Å². The van der Waals surface area contributed by atoms with E-state index in [1.165, 1.54) is 19.4 Å². The van der Waals surface area contributed by atoms with Crippen molar-refractivity contribution in [3.63, 3.8) is 0 Å². The SMILES string of the molecule is CC(C)CC(CC(=O)N1CCC(c2ccccc2)C1)C(=O)OC1(C)C(=O)COC1(C)C(N)=O. The van der Waals surface area contributed by atoms with Crippen LogP contribution in [0.2, 0.25) is 0 Å². The second-order valence-corrected chi connectivity index (χ2v) is 9.83. The molecule has 8 nitrogen and oxygen atoms in total. The molecule has 0 bridgehead atoms. The molecule has 0 saturated carbocycles. The molecule has 2 N–H and O–H groups in total. The molecule has 4 unspecified atom stereocenters. The number of primary amides is 1. The van der Waals surface area contributed by atoms with Gasteiger partial charge in [0.15, 0.2) is 5.60 Å². The number of likely N-dealkylation sites (tertiary alicyclic amines) is 1. The third-order valence-corrected chi connectivity index (χ3v) is 7.03. The molecule has 3 rings (SSSR count). The number of hydrogen-bond acceptors (Lipinski definition) is 6. The molecule has 2 saturated heterocycles. The van der Waals surface area contributed by atoms with Crippen molar-refractivity contribution in [2.24, 2.45) is 17.6 Å². The van der Waals surface area contributed by atoms with Gasteiger partial charge in [-0.05, 0) is 38.2 Å². The van der Waals surface area contributed by atoms with Crippen LogP contribution in [0, 0.1) is 11.8 Å². The molecule has 180 valence electrons. The van der Waals surface area contributed by atoms with Crippen LogP contribution in [0.15, 0.2) is 30.3 Å². The van der Waals surface area contributed by atoms with Gasteiger partial charge < -0.3 is 20.1 Å². The Balaban J connectivity index is 1.70. The maximum absolute atomic E-state index is 13.2. The highest BCUT2D eigenvalue weighted by Gasteiger charge is 2.63. The molecule has 0 spiro atoms. The van der Waals surface area contributed by atoms with Gasteiger partial charge in [-0.25, -0.2) is 0 Å². The molecule has 0 aromatic heterocycles. The molecular formula is C25H34N2O6. The van der Waals surface area contributed by atoms with E-state index in [1.807, 2.05) is 32.0 Å². The molecule has 0 aliphatic carbocycles. The summed E-state index contributed by atoms with van der Waals surface area (Å²) in [6.45, 7) is 7.47. The third kappa shape index (κ3) is 4.95. The topological polar surface area (TPSA) is 116 Å². The maximum atomic E-state index is 13.2. The fourth-order valence-electron chi connectivity index (χ4n) is 4.65. The summed E-state index contributed by atoms with van der Waals surface area (Å²) >= 11 is 0. The van der Waals surface area contributed by atoms with Gasteiger partial charge in [0.1, 0.15) is 6.61 Å². The molecule has 33 heavy (non-hydrogen) atoms. The molecule has 2 fully saturated rings. The van der Waals surface area contributed by atoms with E-state index in [0.717, 1.165) is 6.42 Å². The van der Waals surface area contributed by atoms with Gasteiger partial charge in [-0.2, -0.15) is 0 Å². The first-order valence-corrected chi connectivity index (χ1v) is 11.5. The lowest BCUT2D eigenvalue weighted by Gasteiger charge is -2.35. The summed E-state index contributed by atoms with van der Waals surface area (Å²) < 4.78 is 11.0. The van der Waals surface area contributed by atoms with E-state index in [2.05, 4.69) is 12.1 Å². The Hall–Kier alpha value is -2.74. The summed E-state index contributed by atoms with van der Waals surface area (Å²) in [5, 5.41) is 0. The van der Waals surface area contributed by atoms with Crippen molar-refractivity contribution in [3.8, 4) is 0 Å². The Labute approximate surface area is 194 Å². The van der Waals surface area contributed by atoms with E-state index in [9.17, 15) is 19.2 Å². The summed E-state index contributed by atoms with van der Waals surface area (Å²) in [6.07, 6.45) is 1.27. The van der Waals surface area contributed by atoms with Crippen molar-refractivity contribution < 1.29 is 28.7 Å². The zero-order chi connectivity index (χ0) is 24.4. The second-order valence-electron chi connectivity index (χ2n) is 9.83. The summed E-state index contributed by atoms with van der Waals surface area (Å²) in [5.41, 5.74) is 3.06. The number of amides is 2. The minimum absolute atomic E-state index is 0.0169. The predicted octanol–water partition coefficient (Wildman–Crippen LogP) is 2.20. The van der Waals surface area contributed by atoms with E-state index >= 15 is 0 Å². The normalized spacial score (nSPS) is 28.2. The molecule has 1 aromatic carbocycles. The molecule has 0 radical (unpaired) electrons. The molecule has 1 aromatic rings. The van der Waals surface area contributed by atoms with Gasteiger partial charge in [-0.3, -0.25) is 19.2 Å². The number of carbonyl (C=O) groups excluding carboxylic acids is 4. The number of nitrogens with zero attached hydrogens (tertiary/aromatic N) is 1. The van der Waals surface area contributed by atoms with Crippen LogP contribution in [-0.2, 0) is 28.7 Å². The van der Waals surface area contributed by atoms with Crippen molar-refractivity contribution in [2.45, 2.75) is 64.1 Å². The molecule has 2 heterocycles. The first-order chi connectivity index (χ1) is 15.5. The van der Waals surface area contributed by atoms with Gasteiger partial charge in [0.2, 0.25) is 17.3 Å². The number of ketones is 1. The first-order valence-electron chi connectivity index (χ1n) is 11.5. The van der Waals surface area contributed by atoms with Gasteiger partial charge in [-0.1, -0.05) is 44.2 Å². The van der Waals surface area contributed by atoms with Crippen LogP contribution in [0.1, 0.15) is 58.4 Å². The minimum atomic E-state index is -1.83. The minimum Gasteiger partial charge on any atom is -0.447 e. The first kappa shape index (κ1) is 24.9. The smallest absolute Gasteiger partial charge is 0.310 e. The van der Waals surface area contributed by atoms with Gasteiger partial charge in [0.25, 0.3) is 5.91 Å². The van der Waals surface area contributed by atoms with E-state index in [-0.39, 0.29) is 30.8 Å². The molecule has 2 amide bonds. The number of hydrogen-bond donors (Lipinski definition) is 1. The Morgan fingerprint density at radius 3 is 2.48 bits per heavy atom. The third-order valence-electron chi connectivity index (χ3n) is 7.03. The highest BCUT2D eigenvalue weighted by atomic mass is 16.6. The maximum Gasteiger partial charge on any atom is 0.310 e. The van der Waals surface area contributed by atoms with Gasteiger partial charge in [-0.15, -0.1) is 0 Å². The quantitative estimate of drug-likeness (QED) is 0.597.